The van der Waals surface area contributed by atoms with E-state index in [9.17, 15) is 4.79 Å². The van der Waals surface area contributed by atoms with E-state index in [1.165, 1.54) is 0 Å². The number of nitrogens with one attached hydrogen (secondary N) is 2. The molecule has 1 aromatic rings. The largest absolute Gasteiger partial charge is 0.378 e. The Balaban J connectivity index is 1.58. The topological polar surface area (TPSA) is 63.2 Å². The van der Waals surface area contributed by atoms with Crippen LogP contribution in [0.1, 0.15) is 31.7 Å². The summed E-state index contributed by atoms with van der Waals surface area (Å²) in [5.74, 6) is 0.664. The van der Waals surface area contributed by atoms with Gasteiger partial charge in [0.1, 0.15) is 0 Å². The van der Waals surface area contributed by atoms with Crippen LogP contribution in [0.15, 0.2) is 24.5 Å². The van der Waals surface area contributed by atoms with E-state index >= 15 is 0 Å². The lowest BCUT2D eigenvalue weighted by Gasteiger charge is -2.27. The van der Waals surface area contributed by atoms with Gasteiger partial charge in [0.2, 0.25) is 0 Å². The Morgan fingerprint density at radius 3 is 3.15 bits per heavy atom. The third kappa shape index (κ3) is 5.17. The summed E-state index contributed by atoms with van der Waals surface area (Å²) in [5.41, 5.74) is 1.00. The maximum atomic E-state index is 11.7. The van der Waals surface area contributed by atoms with Crippen LogP contribution in [0.4, 0.5) is 4.79 Å². The molecule has 20 heavy (non-hydrogen) atoms. The molecule has 0 bridgehead atoms. The number of rotatable bonds is 5. The maximum Gasteiger partial charge on any atom is 0.315 e. The molecule has 2 atom stereocenters. The molecule has 1 aromatic heterocycles. The van der Waals surface area contributed by atoms with Crippen molar-refractivity contribution in [3.05, 3.63) is 30.1 Å². The molecule has 2 amide bonds. The van der Waals surface area contributed by atoms with Crippen LogP contribution >= 0.6 is 0 Å². The highest BCUT2D eigenvalue weighted by Gasteiger charge is 2.18. The fraction of sp³-hybridized carbons (Fsp3) is 0.600. The van der Waals surface area contributed by atoms with Crippen LogP contribution < -0.4 is 10.6 Å². The smallest absolute Gasteiger partial charge is 0.315 e. The second-order valence-electron chi connectivity index (χ2n) is 5.33. The van der Waals surface area contributed by atoms with Gasteiger partial charge in [-0.15, -0.1) is 0 Å². The van der Waals surface area contributed by atoms with E-state index in [4.69, 9.17) is 4.74 Å². The van der Waals surface area contributed by atoms with Crippen molar-refractivity contribution < 1.29 is 9.53 Å². The minimum atomic E-state index is -0.117. The highest BCUT2D eigenvalue weighted by molar-refractivity contribution is 5.73. The molecule has 0 spiro atoms. The number of hydrogen-bond donors (Lipinski definition) is 2. The molecular formula is C15H23N3O2. The fourth-order valence-corrected chi connectivity index (χ4v) is 2.49. The number of aromatic nitrogens is 1. The molecule has 2 heterocycles. The number of carbonyl (C=O) groups is 1. The van der Waals surface area contributed by atoms with Gasteiger partial charge in [-0.3, -0.25) is 4.98 Å². The van der Waals surface area contributed by atoms with Crippen molar-refractivity contribution in [3.8, 4) is 0 Å². The van der Waals surface area contributed by atoms with Gasteiger partial charge in [-0.05, 0) is 43.7 Å². The molecule has 5 heteroatoms. The molecule has 1 aliphatic rings. The second-order valence-corrected chi connectivity index (χ2v) is 5.33. The van der Waals surface area contributed by atoms with Crippen LogP contribution in [0, 0.1) is 5.92 Å². The Labute approximate surface area is 120 Å². The van der Waals surface area contributed by atoms with Gasteiger partial charge in [0.05, 0.1) is 6.10 Å². The molecule has 5 nitrogen and oxygen atoms in total. The Bertz CT molecular complexity index is 411. The molecule has 2 N–H and O–H groups in total. The van der Waals surface area contributed by atoms with E-state index in [1.54, 1.807) is 12.4 Å². The Hall–Kier alpha value is -1.62. The lowest BCUT2D eigenvalue weighted by molar-refractivity contribution is 0.00117. The number of nitrogens with zero attached hydrogens (tertiary/aromatic N) is 1. The van der Waals surface area contributed by atoms with Gasteiger partial charge in [-0.25, -0.2) is 4.79 Å². The van der Waals surface area contributed by atoms with E-state index in [0.717, 1.165) is 38.0 Å². The van der Waals surface area contributed by atoms with Crippen LogP contribution in [0.3, 0.4) is 0 Å². The molecular weight excluding hydrogens is 254 g/mol. The molecule has 2 unspecified atom stereocenters. The van der Waals surface area contributed by atoms with Gasteiger partial charge < -0.3 is 15.4 Å². The highest BCUT2D eigenvalue weighted by Crippen LogP contribution is 2.22. The van der Waals surface area contributed by atoms with Crippen LogP contribution in [0.2, 0.25) is 0 Å². The van der Waals surface area contributed by atoms with Crippen molar-refractivity contribution >= 4 is 6.03 Å². The van der Waals surface area contributed by atoms with Crippen molar-refractivity contribution in [2.45, 2.75) is 38.8 Å². The van der Waals surface area contributed by atoms with Gasteiger partial charge in [0.15, 0.2) is 0 Å². The summed E-state index contributed by atoms with van der Waals surface area (Å²) in [6.07, 6.45) is 7.05. The average molecular weight is 277 g/mol. The van der Waals surface area contributed by atoms with Crippen LogP contribution in [-0.4, -0.2) is 30.3 Å². The molecule has 110 valence electrons. The van der Waals surface area contributed by atoms with Gasteiger partial charge in [-0.2, -0.15) is 0 Å². The molecule has 1 saturated heterocycles. The zero-order valence-corrected chi connectivity index (χ0v) is 12.0. The molecule has 0 radical (unpaired) electrons. The van der Waals surface area contributed by atoms with E-state index in [0.29, 0.717) is 18.6 Å². The number of pyridine rings is 1. The zero-order chi connectivity index (χ0) is 14.2. The first-order valence-electron chi connectivity index (χ1n) is 7.26. The first-order valence-corrected chi connectivity index (χ1v) is 7.26. The standard InChI is InChI=1S/C15H23N3O2/c1-12-9-13(5-8-20-12)4-7-17-15(19)18-11-14-3-2-6-16-10-14/h2-3,6,10,12-13H,4-5,7-9,11H2,1H3,(H2,17,18,19). The fourth-order valence-electron chi connectivity index (χ4n) is 2.49. The first-order chi connectivity index (χ1) is 9.74. The van der Waals surface area contributed by atoms with Crippen LogP contribution in [0.25, 0.3) is 0 Å². The molecule has 0 aromatic carbocycles. The summed E-state index contributed by atoms with van der Waals surface area (Å²) >= 11 is 0. The summed E-state index contributed by atoms with van der Waals surface area (Å²) in [7, 11) is 0. The third-order valence-electron chi connectivity index (χ3n) is 3.61. The van der Waals surface area contributed by atoms with Gasteiger partial charge >= 0.3 is 6.03 Å². The number of hydrogen-bond acceptors (Lipinski definition) is 3. The maximum absolute atomic E-state index is 11.7. The molecule has 0 saturated carbocycles. The zero-order valence-electron chi connectivity index (χ0n) is 12.0. The van der Waals surface area contributed by atoms with Gasteiger partial charge in [-0.1, -0.05) is 6.07 Å². The molecule has 1 fully saturated rings. The summed E-state index contributed by atoms with van der Waals surface area (Å²) in [5, 5.41) is 5.73. The van der Waals surface area contributed by atoms with Crippen molar-refractivity contribution in [2.24, 2.45) is 5.92 Å². The van der Waals surface area contributed by atoms with E-state index < -0.39 is 0 Å². The first kappa shape index (κ1) is 14.8. The molecule has 0 aliphatic carbocycles. The summed E-state index contributed by atoms with van der Waals surface area (Å²) in [4.78, 5) is 15.7. The quantitative estimate of drug-likeness (QED) is 0.866. The Kier molecular flexibility index (Phi) is 5.80. The summed E-state index contributed by atoms with van der Waals surface area (Å²) in [6, 6.07) is 3.69. The third-order valence-corrected chi connectivity index (χ3v) is 3.61. The van der Waals surface area contributed by atoms with E-state index in [2.05, 4.69) is 22.5 Å². The average Bonchev–Trinajstić information content (AvgIpc) is 2.46. The van der Waals surface area contributed by atoms with Crippen molar-refractivity contribution in [3.63, 3.8) is 0 Å². The minimum absolute atomic E-state index is 0.117. The van der Waals surface area contributed by atoms with Gasteiger partial charge in [0, 0.05) is 32.1 Å². The monoisotopic (exact) mass is 277 g/mol. The summed E-state index contributed by atoms with van der Waals surface area (Å²) < 4.78 is 5.52. The van der Waals surface area contributed by atoms with Gasteiger partial charge in [0.25, 0.3) is 0 Å². The number of urea groups is 1. The molecule has 2 rings (SSSR count). The van der Waals surface area contributed by atoms with E-state index in [-0.39, 0.29) is 6.03 Å². The minimum Gasteiger partial charge on any atom is -0.378 e. The number of carbonyl (C=O) groups excluding carboxylic acids is 1. The SMILES string of the molecule is CC1CC(CCNC(=O)NCc2cccnc2)CCO1. The predicted molar refractivity (Wildman–Crippen MR) is 77.2 cm³/mol. The predicted octanol–water partition coefficient (Wildman–Crippen LogP) is 2.09. The summed E-state index contributed by atoms with van der Waals surface area (Å²) in [6.45, 7) is 4.18. The second kappa shape index (κ2) is 7.85. The normalized spacial score (nSPS) is 22.2. The highest BCUT2D eigenvalue weighted by atomic mass is 16.5. The number of ether oxygens (including phenoxy) is 1. The lowest BCUT2D eigenvalue weighted by Crippen LogP contribution is -2.36. The van der Waals surface area contributed by atoms with Crippen molar-refractivity contribution in [1.82, 2.24) is 15.6 Å². The van der Waals surface area contributed by atoms with Crippen molar-refractivity contribution in [1.29, 1.82) is 0 Å². The Morgan fingerprint density at radius 2 is 2.40 bits per heavy atom. The van der Waals surface area contributed by atoms with Crippen LogP contribution in [0.5, 0.6) is 0 Å². The van der Waals surface area contributed by atoms with E-state index in [1.807, 2.05) is 12.1 Å². The molecule has 1 aliphatic heterocycles. The Morgan fingerprint density at radius 1 is 1.50 bits per heavy atom. The lowest BCUT2D eigenvalue weighted by atomic mass is 9.93. The van der Waals surface area contributed by atoms with Crippen molar-refractivity contribution in [2.75, 3.05) is 13.2 Å². The number of amides is 2. The van der Waals surface area contributed by atoms with Crippen LogP contribution in [-0.2, 0) is 11.3 Å².